The summed E-state index contributed by atoms with van der Waals surface area (Å²) in [7, 11) is 0. The van der Waals surface area contributed by atoms with E-state index in [1.807, 2.05) is 6.07 Å². The van der Waals surface area contributed by atoms with Crippen LogP contribution in [0.5, 0.6) is 0 Å². The van der Waals surface area contributed by atoms with Crippen LogP contribution in [0.3, 0.4) is 0 Å². The highest BCUT2D eigenvalue weighted by Crippen LogP contribution is 2.40. The van der Waals surface area contributed by atoms with Crippen LogP contribution in [-0.2, 0) is 6.54 Å². The number of hydrogen-bond donors (Lipinski definition) is 1. The molecule has 0 amide bonds. The van der Waals surface area contributed by atoms with Gasteiger partial charge in [0.2, 0.25) is 0 Å². The summed E-state index contributed by atoms with van der Waals surface area (Å²) in [6.45, 7) is 2.74. The van der Waals surface area contributed by atoms with Crippen molar-refractivity contribution < 1.29 is 9.52 Å². The van der Waals surface area contributed by atoms with Crippen molar-refractivity contribution in [2.24, 2.45) is 5.92 Å². The van der Waals surface area contributed by atoms with Crippen LogP contribution in [0.25, 0.3) is 0 Å². The van der Waals surface area contributed by atoms with Crippen LogP contribution in [0, 0.1) is 5.92 Å². The molecule has 0 aromatic carbocycles. The van der Waals surface area contributed by atoms with Crippen LogP contribution in [0.4, 0.5) is 0 Å². The van der Waals surface area contributed by atoms with Crippen LogP contribution in [0.1, 0.15) is 37.9 Å². The fourth-order valence-corrected chi connectivity index (χ4v) is 3.60. The molecule has 0 spiro atoms. The first kappa shape index (κ1) is 12.5. The highest BCUT2D eigenvalue weighted by atomic mass is 35.5. The van der Waals surface area contributed by atoms with Gasteiger partial charge in [-0.25, -0.2) is 0 Å². The average molecular weight is 270 g/mol. The summed E-state index contributed by atoms with van der Waals surface area (Å²) in [5.41, 5.74) is -0.393. The van der Waals surface area contributed by atoms with Crippen LogP contribution in [0.15, 0.2) is 16.5 Å². The maximum Gasteiger partial charge on any atom is 0.193 e. The maximum atomic E-state index is 10.6. The number of piperidine rings is 1. The second kappa shape index (κ2) is 4.87. The van der Waals surface area contributed by atoms with E-state index >= 15 is 0 Å². The Morgan fingerprint density at radius 1 is 1.39 bits per heavy atom. The summed E-state index contributed by atoms with van der Waals surface area (Å²) in [6.07, 6.45) is 5.48. The summed E-state index contributed by atoms with van der Waals surface area (Å²) < 4.78 is 5.41. The van der Waals surface area contributed by atoms with Gasteiger partial charge >= 0.3 is 0 Å². The fourth-order valence-electron chi connectivity index (χ4n) is 3.44. The molecule has 1 aliphatic carbocycles. The minimum atomic E-state index is -0.393. The van der Waals surface area contributed by atoms with Crippen molar-refractivity contribution in [1.29, 1.82) is 0 Å². The summed E-state index contributed by atoms with van der Waals surface area (Å²) >= 11 is 5.79. The molecule has 2 aliphatic rings. The predicted octanol–water partition coefficient (Wildman–Crippen LogP) is 3.06. The first-order chi connectivity index (χ1) is 8.66. The van der Waals surface area contributed by atoms with Crippen molar-refractivity contribution >= 4 is 11.6 Å². The number of halogens is 1. The second-order valence-electron chi connectivity index (χ2n) is 5.74. The summed E-state index contributed by atoms with van der Waals surface area (Å²) in [5.74, 6) is 1.35. The lowest BCUT2D eigenvalue weighted by atomic mass is 9.71. The summed E-state index contributed by atoms with van der Waals surface area (Å²) in [4.78, 5) is 2.37. The van der Waals surface area contributed by atoms with Gasteiger partial charge in [0.1, 0.15) is 5.76 Å². The monoisotopic (exact) mass is 269 g/mol. The molecule has 1 aliphatic heterocycles. The van der Waals surface area contributed by atoms with E-state index in [-0.39, 0.29) is 0 Å². The number of likely N-dealkylation sites (tertiary alicyclic amines) is 1. The molecule has 4 heteroatoms. The van der Waals surface area contributed by atoms with Crippen molar-refractivity contribution in [3.05, 3.63) is 23.1 Å². The van der Waals surface area contributed by atoms with E-state index in [0.29, 0.717) is 11.1 Å². The highest BCUT2D eigenvalue weighted by molar-refractivity contribution is 6.28. The average Bonchev–Trinajstić information content (AvgIpc) is 2.75. The van der Waals surface area contributed by atoms with E-state index in [2.05, 4.69) is 4.90 Å². The number of fused-ring (bicyclic) bond motifs is 1. The molecule has 2 heterocycles. The van der Waals surface area contributed by atoms with Gasteiger partial charge in [-0.1, -0.05) is 12.8 Å². The second-order valence-corrected chi connectivity index (χ2v) is 6.11. The first-order valence-corrected chi connectivity index (χ1v) is 7.22. The van der Waals surface area contributed by atoms with Crippen LogP contribution in [-0.4, -0.2) is 28.7 Å². The number of hydrogen-bond acceptors (Lipinski definition) is 3. The Hall–Kier alpha value is -0.510. The number of rotatable bonds is 2. The molecule has 0 unspecified atom stereocenters. The van der Waals surface area contributed by atoms with E-state index in [0.717, 1.165) is 44.7 Å². The molecule has 1 aromatic rings. The molecular formula is C14H20ClNO2. The van der Waals surface area contributed by atoms with Crippen LogP contribution >= 0.6 is 11.6 Å². The van der Waals surface area contributed by atoms with Gasteiger partial charge in [-0.3, -0.25) is 4.90 Å². The Morgan fingerprint density at radius 2 is 2.28 bits per heavy atom. The third kappa shape index (κ3) is 2.44. The topological polar surface area (TPSA) is 36.6 Å². The normalized spacial score (nSPS) is 33.3. The minimum Gasteiger partial charge on any atom is -0.448 e. The van der Waals surface area contributed by atoms with Crippen LogP contribution < -0.4 is 0 Å². The molecule has 1 aromatic heterocycles. The van der Waals surface area contributed by atoms with Crippen LogP contribution in [0.2, 0.25) is 5.22 Å². The Labute approximate surface area is 113 Å². The van der Waals surface area contributed by atoms with Gasteiger partial charge in [-0.15, -0.1) is 0 Å². The molecule has 0 bridgehead atoms. The van der Waals surface area contributed by atoms with Crippen molar-refractivity contribution in [3.63, 3.8) is 0 Å². The van der Waals surface area contributed by atoms with Gasteiger partial charge in [0, 0.05) is 19.0 Å². The molecule has 1 N–H and O–H groups in total. The Bertz CT molecular complexity index is 420. The molecule has 3 nitrogen and oxygen atoms in total. The van der Waals surface area contributed by atoms with E-state index in [1.165, 1.54) is 12.8 Å². The predicted molar refractivity (Wildman–Crippen MR) is 70.5 cm³/mol. The zero-order valence-corrected chi connectivity index (χ0v) is 11.3. The first-order valence-electron chi connectivity index (χ1n) is 6.85. The molecule has 2 fully saturated rings. The third-order valence-corrected chi connectivity index (χ3v) is 4.72. The van der Waals surface area contributed by atoms with Gasteiger partial charge in [-0.05, 0) is 43.0 Å². The SMILES string of the molecule is O[C@]12CCCC[C@H]1CN(Cc1ccc(Cl)o1)CC2. The highest BCUT2D eigenvalue weighted by Gasteiger charge is 2.42. The Balaban J connectivity index is 1.63. The smallest absolute Gasteiger partial charge is 0.193 e. The maximum absolute atomic E-state index is 10.6. The van der Waals surface area contributed by atoms with E-state index < -0.39 is 5.60 Å². The molecule has 100 valence electrons. The molecule has 2 atom stereocenters. The Morgan fingerprint density at radius 3 is 3.06 bits per heavy atom. The Kier molecular flexibility index (Phi) is 3.39. The zero-order valence-electron chi connectivity index (χ0n) is 10.6. The molecule has 1 saturated heterocycles. The van der Waals surface area contributed by atoms with E-state index in [4.69, 9.17) is 16.0 Å². The van der Waals surface area contributed by atoms with Gasteiger partial charge in [0.05, 0.1) is 12.1 Å². The van der Waals surface area contributed by atoms with E-state index in [1.54, 1.807) is 6.07 Å². The van der Waals surface area contributed by atoms with Gasteiger partial charge < -0.3 is 9.52 Å². The molecule has 0 radical (unpaired) electrons. The minimum absolute atomic E-state index is 0.393. The van der Waals surface area contributed by atoms with Gasteiger partial charge in [0.25, 0.3) is 0 Å². The lowest BCUT2D eigenvalue weighted by Crippen LogP contribution is -2.52. The quantitative estimate of drug-likeness (QED) is 0.897. The fraction of sp³-hybridized carbons (Fsp3) is 0.714. The zero-order chi connectivity index (χ0) is 12.6. The lowest BCUT2D eigenvalue weighted by Gasteiger charge is -2.47. The van der Waals surface area contributed by atoms with E-state index in [9.17, 15) is 5.11 Å². The molecule has 18 heavy (non-hydrogen) atoms. The van der Waals surface area contributed by atoms with Crippen molar-refractivity contribution in [1.82, 2.24) is 4.90 Å². The standard InChI is InChI=1S/C14H20ClNO2/c15-13-5-4-12(18-13)10-16-8-7-14(17)6-2-1-3-11(14)9-16/h4-5,11,17H,1-3,6-10H2/t11-,14-/m0/s1. The lowest BCUT2D eigenvalue weighted by molar-refractivity contribution is -0.0975. The summed E-state index contributed by atoms with van der Waals surface area (Å²) in [5, 5.41) is 11.1. The van der Waals surface area contributed by atoms with Gasteiger partial charge in [0.15, 0.2) is 5.22 Å². The number of nitrogens with zero attached hydrogens (tertiary/aromatic N) is 1. The van der Waals surface area contributed by atoms with Crippen molar-refractivity contribution in [2.75, 3.05) is 13.1 Å². The molecule has 1 saturated carbocycles. The third-order valence-electron chi connectivity index (χ3n) is 4.52. The number of aliphatic hydroxyl groups is 1. The number of furan rings is 1. The van der Waals surface area contributed by atoms with Crippen molar-refractivity contribution in [2.45, 2.75) is 44.2 Å². The molecule has 3 rings (SSSR count). The van der Waals surface area contributed by atoms with Gasteiger partial charge in [-0.2, -0.15) is 0 Å². The van der Waals surface area contributed by atoms with Crippen molar-refractivity contribution in [3.8, 4) is 0 Å². The summed E-state index contributed by atoms with van der Waals surface area (Å²) in [6, 6.07) is 3.72. The molecular weight excluding hydrogens is 250 g/mol. The largest absolute Gasteiger partial charge is 0.448 e.